The van der Waals surface area contributed by atoms with Gasteiger partial charge in [-0.05, 0) is 44.7 Å². The Morgan fingerprint density at radius 3 is 2.89 bits per heavy atom. The zero-order valence-electron chi connectivity index (χ0n) is 10.8. The van der Waals surface area contributed by atoms with Crippen LogP contribution in [0.25, 0.3) is 0 Å². The number of pyridine rings is 1. The van der Waals surface area contributed by atoms with Gasteiger partial charge in [0.2, 0.25) is 0 Å². The third-order valence-electron chi connectivity index (χ3n) is 3.48. The molecule has 0 aromatic carbocycles. The average Bonchev–Trinajstić information content (AvgIpc) is 2.31. The van der Waals surface area contributed by atoms with Crippen molar-refractivity contribution in [1.82, 2.24) is 9.88 Å². The van der Waals surface area contributed by atoms with E-state index in [0.717, 1.165) is 18.5 Å². The first-order valence-electron chi connectivity index (χ1n) is 6.57. The van der Waals surface area contributed by atoms with E-state index in [4.69, 9.17) is 5.11 Å². The topological polar surface area (TPSA) is 53.4 Å². The van der Waals surface area contributed by atoms with Crippen molar-refractivity contribution in [3.05, 3.63) is 29.6 Å². The first kappa shape index (κ1) is 13.0. The van der Waals surface area contributed by atoms with Crippen LogP contribution in [0.2, 0.25) is 0 Å². The molecule has 4 nitrogen and oxygen atoms in total. The van der Waals surface area contributed by atoms with Crippen molar-refractivity contribution >= 4 is 5.91 Å². The predicted octanol–water partition coefficient (Wildman–Crippen LogP) is 1.77. The van der Waals surface area contributed by atoms with Crippen LogP contribution in [0.5, 0.6) is 0 Å². The van der Waals surface area contributed by atoms with Gasteiger partial charge in [-0.3, -0.25) is 9.78 Å². The van der Waals surface area contributed by atoms with Crippen LogP contribution in [0.4, 0.5) is 0 Å². The van der Waals surface area contributed by atoms with Crippen LogP contribution in [0.1, 0.15) is 41.7 Å². The number of rotatable bonds is 5. The lowest BCUT2D eigenvalue weighted by Crippen LogP contribution is -2.45. The summed E-state index contributed by atoms with van der Waals surface area (Å²) in [6.45, 7) is 2.66. The van der Waals surface area contributed by atoms with Gasteiger partial charge < -0.3 is 10.0 Å². The molecular weight excluding hydrogens is 228 g/mol. The largest absolute Gasteiger partial charge is 0.396 e. The summed E-state index contributed by atoms with van der Waals surface area (Å²) < 4.78 is 0. The maximum atomic E-state index is 12.5. The van der Waals surface area contributed by atoms with Gasteiger partial charge in [-0.25, -0.2) is 0 Å². The Balaban J connectivity index is 2.11. The number of carbonyl (C=O) groups is 1. The molecule has 1 N–H and O–H groups in total. The molecule has 1 heterocycles. The molecule has 1 aromatic rings. The monoisotopic (exact) mass is 248 g/mol. The zero-order valence-corrected chi connectivity index (χ0v) is 10.8. The van der Waals surface area contributed by atoms with Crippen molar-refractivity contribution in [3.63, 3.8) is 0 Å². The molecule has 0 aliphatic heterocycles. The van der Waals surface area contributed by atoms with Crippen LogP contribution in [0.3, 0.4) is 0 Å². The summed E-state index contributed by atoms with van der Waals surface area (Å²) in [7, 11) is 0. The first-order chi connectivity index (χ1) is 8.72. The van der Waals surface area contributed by atoms with Gasteiger partial charge in [-0.2, -0.15) is 0 Å². The van der Waals surface area contributed by atoms with Crippen molar-refractivity contribution < 1.29 is 9.90 Å². The van der Waals surface area contributed by atoms with E-state index in [0.29, 0.717) is 24.6 Å². The molecule has 1 saturated carbocycles. The number of aryl methyl sites for hydroxylation is 1. The quantitative estimate of drug-likeness (QED) is 0.864. The van der Waals surface area contributed by atoms with Crippen molar-refractivity contribution in [2.75, 3.05) is 13.2 Å². The molecule has 0 radical (unpaired) electrons. The summed E-state index contributed by atoms with van der Waals surface area (Å²) in [6, 6.07) is 3.95. The fraction of sp³-hybridized carbons (Fsp3) is 0.571. The normalized spacial score (nSPS) is 15.2. The second-order valence-corrected chi connectivity index (χ2v) is 4.85. The Morgan fingerprint density at radius 1 is 1.56 bits per heavy atom. The molecule has 0 unspecified atom stereocenters. The Labute approximate surface area is 108 Å². The van der Waals surface area contributed by atoms with Crippen LogP contribution in [0, 0.1) is 6.92 Å². The lowest BCUT2D eigenvalue weighted by atomic mass is 9.91. The molecule has 0 atom stereocenters. The fourth-order valence-electron chi connectivity index (χ4n) is 2.23. The van der Waals surface area contributed by atoms with Crippen molar-refractivity contribution in [2.45, 2.75) is 38.6 Å². The Bertz CT molecular complexity index is 416. The van der Waals surface area contributed by atoms with Gasteiger partial charge in [-0.1, -0.05) is 0 Å². The highest BCUT2D eigenvalue weighted by Gasteiger charge is 2.28. The lowest BCUT2D eigenvalue weighted by Gasteiger charge is -2.37. The highest BCUT2D eigenvalue weighted by atomic mass is 16.3. The highest BCUT2D eigenvalue weighted by Crippen LogP contribution is 2.26. The van der Waals surface area contributed by atoms with Gasteiger partial charge in [0.15, 0.2) is 0 Å². The van der Waals surface area contributed by atoms with Gasteiger partial charge in [0.1, 0.15) is 0 Å². The van der Waals surface area contributed by atoms with Crippen molar-refractivity contribution in [3.8, 4) is 0 Å². The van der Waals surface area contributed by atoms with E-state index in [1.54, 1.807) is 12.3 Å². The lowest BCUT2D eigenvalue weighted by molar-refractivity contribution is 0.0562. The SMILES string of the molecule is Cc1cc(C(=O)N(CCCO)C2CCC2)ccn1. The van der Waals surface area contributed by atoms with Crippen molar-refractivity contribution in [1.29, 1.82) is 0 Å². The molecule has 1 aliphatic rings. The maximum absolute atomic E-state index is 12.5. The number of aliphatic hydroxyl groups is 1. The molecule has 98 valence electrons. The zero-order chi connectivity index (χ0) is 13.0. The van der Waals surface area contributed by atoms with Crippen LogP contribution < -0.4 is 0 Å². The average molecular weight is 248 g/mol. The molecule has 0 spiro atoms. The second kappa shape index (κ2) is 5.96. The van der Waals surface area contributed by atoms with E-state index >= 15 is 0 Å². The number of nitrogens with zero attached hydrogens (tertiary/aromatic N) is 2. The smallest absolute Gasteiger partial charge is 0.254 e. The number of aromatic nitrogens is 1. The minimum Gasteiger partial charge on any atom is -0.396 e. The van der Waals surface area contributed by atoms with E-state index < -0.39 is 0 Å². The van der Waals surface area contributed by atoms with Crippen LogP contribution in [-0.4, -0.2) is 40.1 Å². The number of amides is 1. The van der Waals surface area contributed by atoms with Gasteiger partial charge in [0, 0.05) is 36.6 Å². The van der Waals surface area contributed by atoms with Gasteiger partial charge >= 0.3 is 0 Å². The minimum absolute atomic E-state index is 0.0682. The van der Waals surface area contributed by atoms with Crippen molar-refractivity contribution in [2.24, 2.45) is 0 Å². The summed E-state index contributed by atoms with van der Waals surface area (Å²) in [5.41, 5.74) is 1.56. The number of hydrogen-bond donors (Lipinski definition) is 1. The van der Waals surface area contributed by atoms with E-state index in [-0.39, 0.29) is 12.5 Å². The Morgan fingerprint density at radius 2 is 2.33 bits per heavy atom. The Kier molecular flexibility index (Phi) is 4.31. The highest BCUT2D eigenvalue weighted by molar-refractivity contribution is 5.94. The van der Waals surface area contributed by atoms with Gasteiger partial charge in [-0.15, -0.1) is 0 Å². The molecule has 1 aromatic heterocycles. The number of carbonyl (C=O) groups excluding carboxylic acids is 1. The summed E-state index contributed by atoms with van der Waals surface area (Å²) in [5.74, 6) is 0.0682. The fourth-order valence-corrected chi connectivity index (χ4v) is 2.23. The van der Waals surface area contributed by atoms with E-state index in [1.807, 2.05) is 17.9 Å². The number of hydrogen-bond acceptors (Lipinski definition) is 3. The number of aliphatic hydroxyl groups excluding tert-OH is 1. The third-order valence-corrected chi connectivity index (χ3v) is 3.48. The minimum atomic E-state index is 0.0682. The van der Waals surface area contributed by atoms with Crippen LogP contribution in [-0.2, 0) is 0 Å². The molecule has 0 bridgehead atoms. The molecule has 2 rings (SSSR count). The molecule has 0 saturated heterocycles. The summed E-state index contributed by atoms with van der Waals surface area (Å²) >= 11 is 0. The second-order valence-electron chi connectivity index (χ2n) is 4.85. The Hall–Kier alpha value is -1.42. The molecule has 1 aliphatic carbocycles. The maximum Gasteiger partial charge on any atom is 0.254 e. The van der Waals surface area contributed by atoms with Gasteiger partial charge in [0.25, 0.3) is 5.91 Å². The van der Waals surface area contributed by atoms with Gasteiger partial charge in [0.05, 0.1) is 0 Å². The molecule has 1 fully saturated rings. The third kappa shape index (κ3) is 2.88. The predicted molar refractivity (Wildman–Crippen MR) is 69.4 cm³/mol. The molecular formula is C14H20N2O2. The van der Waals surface area contributed by atoms with E-state index in [1.165, 1.54) is 6.42 Å². The summed E-state index contributed by atoms with van der Waals surface area (Å²) in [4.78, 5) is 18.5. The summed E-state index contributed by atoms with van der Waals surface area (Å²) in [5, 5.41) is 8.94. The summed E-state index contributed by atoms with van der Waals surface area (Å²) in [6.07, 6.45) is 5.69. The molecule has 4 heteroatoms. The van der Waals surface area contributed by atoms with E-state index in [2.05, 4.69) is 4.98 Å². The van der Waals surface area contributed by atoms with Crippen LogP contribution in [0.15, 0.2) is 18.3 Å². The first-order valence-corrected chi connectivity index (χ1v) is 6.57. The molecule has 1 amide bonds. The molecule has 18 heavy (non-hydrogen) atoms. The standard InChI is InChI=1S/C14H20N2O2/c1-11-10-12(6-7-15-11)14(18)16(8-3-9-17)13-4-2-5-13/h6-7,10,13,17H,2-5,8-9H2,1H3. The van der Waals surface area contributed by atoms with Crippen LogP contribution >= 0.6 is 0 Å². The van der Waals surface area contributed by atoms with E-state index in [9.17, 15) is 4.79 Å².